The number of aromatic nitrogens is 3. The Morgan fingerprint density at radius 2 is 2.05 bits per heavy atom. The van der Waals surface area contributed by atoms with Gasteiger partial charge >= 0.3 is 6.18 Å². The third kappa shape index (κ3) is 3.28. The number of fused-ring (bicyclic) bond motifs is 1. The van der Waals surface area contributed by atoms with Crippen LogP contribution in [-0.2, 0) is 19.3 Å². The van der Waals surface area contributed by atoms with Gasteiger partial charge in [-0.05, 0) is 5.92 Å². The van der Waals surface area contributed by atoms with Gasteiger partial charge in [0.05, 0.1) is 6.54 Å². The van der Waals surface area contributed by atoms with Gasteiger partial charge in [0.15, 0.2) is 0 Å². The molecular formula is C11H16BrF3N4. The molecule has 0 aliphatic carbocycles. The molecule has 1 aliphatic heterocycles. The van der Waals surface area contributed by atoms with Crippen molar-refractivity contribution < 1.29 is 13.2 Å². The van der Waals surface area contributed by atoms with Crippen LogP contribution in [0.4, 0.5) is 13.2 Å². The predicted octanol–water partition coefficient (Wildman–Crippen LogP) is 2.53. The van der Waals surface area contributed by atoms with Crippen molar-refractivity contribution in [3.05, 3.63) is 11.6 Å². The minimum atomic E-state index is -4.42. The molecule has 4 nitrogen and oxygen atoms in total. The zero-order valence-electron chi connectivity index (χ0n) is 10.6. The third-order valence-corrected chi connectivity index (χ3v) is 4.31. The Labute approximate surface area is 118 Å². The maximum Gasteiger partial charge on any atom is 0.451 e. The van der Waals surface area contributed by atoms with Gasteiger partial charge in [-0.1, -0.05) is 29.3 Å². The molecule has 8 heteroatoms. The van der Waals surface area contributed by atoms with Gasteiger partial charge in [0.2, 0.25) is 5.82 Å². The Morgan fingerprint density at radius 1 is 1.32 bits per heavy atom. The van der Waals surface area contributed by atoms with Crippen molar-refractivity contribution in [2.24, 2.45) is 5.92 Å². The topological polar surface area (TPSA) is 34.0 Å². The van der Waals surface area contributed by atoms with Crippen LogP contribution >= 0.6 is 15.9 Å². The van der Waals surface area contributed by atoms with Crippen LogP contribution in [0.3, 0.4) is 0 Å². The molecule has 0 N–H and O–H groups in total. The molecule has 1 atom stereocenters. The van der Waals surface area contributed by atoms with E-state index >= 15 is 0 Å². The molecule has 2 heterocycles. The second-order valence-electron chi connectivity index (χ2n) is 4.75. The lowest BCUT2D eigenvalue weighted by Gasteiger charge is -2.30. The van der Waals surface area contributed by atoms with E-state index in [0.29, 0.717) is 31.4 Å². The molecule has 1 unspecified atom stereocenters. The number of halogens is 4. The van der Waals surface area contributed by atoms with Crippen LogP contribution in [0.1, 0.15) is 25.0 Å². The first-order valence-electron chi connectivity index (χ1n) is 6.23. The van der Waals surface area contributed by atoms with Crippen molar-refractivity contribution in [3.8, 4) is 0 Å². The summed E-state index contributed by atoms with van der Waals surface area (Å²) in [5.74, 6) is 0.0363. The zero-order chi connectivity index (χ0) is 14.0. The highest BCUT2D eigenvalue weighted by Gasteiger charge is 2.39. The van der Waals surface area contributed by atoms with Gasteiger partial charge in [0.1, 0.15) is 5.82 Å². The molecule has 2 rings (SSSR count). The fourth-order valence-electron chi connectivity index (χ4n) is 2.23. The Kier molecular flexibility index (Phi) is 4.50. The fourth-order valence-corrected chi connectivity index (χ4v) is 2.89. The summed E-state index contributed by atoms with van der Waals surface area (Å²) in [4.78, 5) is 2.14. The van der Waals surface area contributed by atoms with Crippen molar-refractivity contribution in [2.75, 3.05) is 18.4 Å². The smallest absolute Gasteiger partial charge is 0.305 e. The molecule has 0 fully saturated rings. The second-order valence-corrected chi connectivity index (χ2v) is 5.40. The second kappa shape index (κ2) is 5.78. The number of alkyl halides is 4. The van der Waals surface area contributed by atoms with Crippen LogP contribution in [0, 0.1) is 5.92 Å². The Balaban J connectivity index is 2.07. The van der Waals surface area contributed by atoms with E-state index in [9.17, 15) is 13.2 Å². The number of nitrogens with zero attached hydrogens (tertiary/aromatic N) is 4. The van der Waals surface area contributed by atoms with Crippen molar-refractivity contribution in [1.29, 1.82) is 0 Å². The molecule has 0 amide bonds. The van der Waals surface area contributed by atoms with Gasteiger partial charge in [0.25, 0.3) is 0 Å². The summed E-state index contributed by atoms with van der Waals surface area (Å²) in [6.45, 7) is 4.33. The van der Waals surface area contributed by atoms with Crippen LogP contribution in [0.25, 0.3) is 0 Å². The molecule has 1 aliphatic rings. The van der Waals surface area contributed by atoms with Gasteiger partial charge < -0.3 is 4.57 Å². The van der Waals surface area contributed by atoms with Crippen molar-refractivity contribution in [3.63, 3.8) is 0 Å². The van der Waals surface area contributed by atoms with E-state index in [0.717, 1.165) is 18.3 Å². The van der Waals surface area contributed by atoms with Crippen LogP contribution in [0.2, 0.25) is 0 Å². The average molecular weight is 341 g/mol. The van der Waals surface area contributed by atoms with E-state index < -0.39 is 12.0 Å². The van der Waals surface area contributed by atoms with Crippen LogP contribution in [-0.4, -0.2) is 38.1 Å². The Hall–Kier alpha value is -0.630. The minimum absolute atomic E-state index is 0.301. The molecule has 0 aromatic carbocycles. The fraction of sp³-hybridized carbons (Fsp3) is 0.818. The van der Waals surface area contributed by atoms with Crippen LogP contribution in [0.5, 0.6) is 0 Å². The zero-order valence-corrected chi connectivity index (χ0v) is 12.2. The van der Waals surface area contributed by atoms with Gasteiger partial charge in [0, 0.05) is 25.0 Å². The summed E-state index contributed by atoms with van der Waals surface area (Å²) in [7, 11) is 0. The highest BCUT2D eigenvalue weighted by atomic mass is 79.9. The lowest BCUT2D eigenvalue weighted by Crippen LogP contribution is -2.38. The van der Waals surface area contributed by atoms with Crippen molar-refractivity contribution >= 4 is 15.9 Å². The first-order valence-corrected chi connectivity index (χ1v) is 7.35. The summed E-state index contributed by atoms with van der Waals surface area (Å²) in [6, 6.07) is 0. The number of hydrogen-bond donors (Lipinski definition) is 0. The SMILES string of the molecule is CCC(CBr)CN1CCn2c(nnc2C(F)(F)F)C1. The molecule has 1 aromatic heterocycles. The maximum atomic E-state index is 12.7. The molecule has 1 aromatic rings. The van der Waals surface area contributed by atoms with Gasteiger partial charge in [-0.25, -0.2) is 0 Å². The molecule has 0 spiro atoms. The van der Waals surface area contributed by atoms with Crippen molar-refractivity contribution in [1.82, 2.24) is 19.7 Å². The number of rotatable bonds is 4. The standard InChI is InChI=1S/C11H16BrF3N4/c1-2-8(5-12)6-18-3-4-19-9(7-18)16-17-10(19)11(13,14)15/h8H,2-7H2,1H3. The lowest BCUT2D eigenvalue weighted by molar-refractivity contribution is -0.148. The summed E-state index contributed by atoms with van der Waals surface area (Å²) in [5, 5.41) is 7.85. The molecule has 19 heavy (non-hydrogen) atoms. The molecular weight excluding hydrogens is 325 g/mol. The van der Waals surface area contributed by atoms with Gasteiger partial charge in [-0.2, -0.15) is 13.2 Å². The Bertz CT molecular complexity index is 428. The van der Waals surface area contributed by atoms with E-state index in [1.54, 1.807) is 0 Å². The largest absolute Gasteiger partial charge is 0.451 e. The lowest BCUT2D eigenvalue weighted by atomic mass is 10.1. The van der Waals surface area contributed by atoms with E-state index in [-0.39, 0.29) is 0 Å². The van der Waals surface area contributed by atoms with E-state index in [4.69, 9.17) is 0 Å². The molecule has 0 saturated heterocycles. The quantitative estimate of drug-likeness (QED) is 0.790. The summed E-state index contributed by atoms with van der Waals surface area (Å²) >= 11 is 3.46. The number of hydrogen-bond acceptors (Lipinski definition) is 3. The summed E-state index contributed by atoms with van der Waals surface area (Å²) in [6.07, 6.45) is -3.38. The van der Waals surface area contributed by atoms with E-state index in [2.05, 4.69) is 38.0 Å². The van der Waals surface area contributed by atoms with Gasteiger partial charge in [-0.3, -0.25) is 4.90 Å². The van der Waals surface area contributed by atoms with Crippen LogP contribution in [0.15, 0.2) is 0 Å². The Morgan fingerprint density at radius 3 is 2.63 bits per heavy atom. The summed E-state index contributed by atoms with van der Waals surface area (Å²) in [5.41, 5.74) is 0. The minimum Gasteiger partial charge on any atom is -0.305 e. The predicted molar refractivity (Wildman–Crippen MR) is 67.9 cm³/mol. The highest BCUT2D eigenvalue weighted by molar-refractivity contribution is 9.09. The third-order valence-electron chi connectivity index (χ3n) is 3.40. The average Bonchev–Trinajstić information content (AvgIpc) is 2.78. The normalized spacial score (nSPS) is 18.4. The molecule has 108 valence electrons. The highest BCUT2D eigenvalue weighted by Crippen LogP contribution is 2.29. The first-order chi connectivity index (χ1) is 8.95. The molecule has 0 saturated carbocycles. The van der Waals surface area contributed by atoms with E-state index in [1.807, 2.05) is 0 Å². The van der Waals surface area contributed by atoms with E-state index in [1.165, 1.54) is 4.57 Å². The first kappa shape index (κ1) is 14.8. The van der Waals surface area contributed by atoms with Gasteiger partial charge in [-0.15, -0.1) is 10.2 Å². The monoisotopic (exact) mass is 340 g/mol. The van der Waals surface area contributed by atoms with Crippen molar-refractivity contribution in [2.45, 2.75) is 32.6 Å². The summed E-state index contributed by atoms with van der Waals surface area (Å²) < 4.78 is 39.2. The van der Waals surface area contributed by atoms with Crippen LogP contribution < -0.4 is 0 Å². The maximum absolute atomic E-state index is 12.7. The molecule has 0 radical (unpaired) electrons. The molecule has 0 bridgehead atoms.